The third-order valence-electron chi connectivity index (χ3n) is 5.19. The van der Waals surface area contributed by atoms with Crippen molar-refractivity contribution in [1.82, 2.24) is 29.7 Å². The number of piperidine rings is 1. The quantitative estimate of drug-likeness (QED) is 0.543. The fraction of sp³-hybridized carbons (Fsp3) is 0.238. The van der Waals surface area contributed by atoms with E-state index in [0.717, 1.165) is 42.0 Å². The van der Waals surface area contributed by atoms with E-state index in [4.69, 9.17) is 0 Å². The van der Waals surface area contributed by atoms with Gasteiger partial charge >= 0.3 is 0 Å². The summed E-state index contributed by atoms with van der Waals surface area (Å²) in [5, 5.41) is 22.5. The standard InChI is InChI=1S/C21H18FN7S/c22-17-3-4-20(25-10-17)30-19-6-14(12-29-21(19)15(7-23)8-27-29)16-9-26-28(13-16)18-2-1-5-24-11-18/h3-4,6,8-10,12-13,18,24H,1-2,5,11H2/t18-/m0/s1. The topological polar surface area (TPSA) is 83.8 Å². The van der Waals surface area contributed by atoms with Gasteiger partial charge in [0.1, 0.15) is 16.9 Å². The zero-order valence-electron chi connectivity index (χ0n) is 16.0. The molecule has 0 radical (unpaired) electrons. The van der Waals surface area contributed by atoms with E-state index in [1.807, 2.05) is 23.1 Å². The van der Waals surface area contributed by atoms with Gasteiger partial charge in [0.2, 0.25) is 0 Å². The fourth-order valence-corrected chi connectivity index (χ4v) is 4.64. The highest BCUT2D eigenvalue weighted by Crippen LogP contribution is 2.35. The predicted octanol–water partition coefficient (Wildman–Crippen LogP) is 3.68. The third-order valence-corrected chi connectivity index (χ3v) is 6.17. The molecule has 1 aliphatic rings. The number of fused-ring (bicyclic) bond motifs is 1. The SMILES string of the molecule is N#Cc1cnn2cc(-c3cnn([C@H]4CCCNC4)c3)cc(Sc3ccc(F)cn3)c12. The summed E-state index contributed by atoms with van der Waals surface area (Å²) >= 11 is 1.38. The second-order valence-electron chi connectivity index (χ2n) is 7.18. The zero-order chi connectivity index (χ0) is 20.5. The first-order valence-corrected chi connectivity index (χ1v) is 10.5. The van der Waals surface area contributed by atoms with Crippen molar-refractivity contribution in [3.63, 3.8) is 0 Å². The molecule has 1 atom stereocenters. The van der Waals surface area contributed by atoms with Gasteiger partial charge in [-0.2, -0.15) is 15.5 Å². The number of nitriles is 1. The number of rotatable bonds is 4. The molecule has 5 heterocycles. The number of hydrogen-bond acceptors (Lipinski definition) is 6. The van der Waals surface area contributed by atoms with E-state index in [2.05, 4.69) is 32.8 Å². The van der Waals surface area contributed by atoms with E-state index < -0.39 is 0 Å². The summed E-state index contributed by atoms with van der Waals surface area (Å²) in [6.07, 6.45) is 10.8. The Morgan fingerprint density at radius 1 is 1.17 bits per heavy atom. The predicted molar refractivity (Wildman–Crippen MR) is 111 cm³/mol. The molecule has 0 bridgehead atoms. The van der Waals surface area contributed by atoms with Gasteiger partial charge in [-0.05, 0) is 37.6 Å². The van der Waals surface area contributed by atoms with Crippen LogP contribution >= 0.6 is 11.8 Å². The Morgan fingerprint density at radius 3 is 2.87 bits per heavy atom. The summed E-state index contributed by atoms with van der Waals surface area (Å²) in [5.41, 5.74) is 3.11. The first-order valence-electron chi connectivity index (χ1n) is 9.67. The molecule has 5 rings (SSSR count). The van der Waals surface area contributed by atoms with Gasteiger partial charge in [0.15, 0.2) is 0 Å². The lowest BCUT2D eigenvalue weighted by molar-refractivity contribution is 0.347. The van der Waals surface area contributed by atoms with Gasteiger partial charge in [0.25, 0.3) is 0 Å². The normalized spacial score (nSPS) is 16.6. The van der Waals surface area contributed by atoms with Crippen LogP contribution in [0, 0.1) is 17.1 Å². The Bertz CT molecular complexity index is 1230. The van der Waals surface area contributed by atoms with Gasteiger partial charge in [-0.3, -0.25) is 4.68 Å². The molecule has 7 nitrogen and oxygen atoms in total. The van der Waals surface area contributed by atoms with Crippen LogP contribution < -0.4 is 5.32 Å². The van der Waals surface area contributed by atoms with Gasteiger partial charge in [-0.1, -0.05) is 11.8 Å². The lowest BCUT2D eigenvalue weighted by Gasteiger charge is -2.22. The van der Waals surface area contributed by atoms with Gasteiger partial charge in [-0.15, -0.1) is 0 Å². The van der Waals surface area contributed by atoms with Crippen molar-refractivity contribution in [3.05, 3.63) is 60.6 Å². The molecule has 1 aliphatic heterocycles. The highest BCUT2D eigenvalue weighted by molar-refractivity contribution is 7.99. The number of nitrogens with zero attached hydrogens (tertiary/aromatic N) is 6. The number of aromatic nitrogens is 5. The number of hydrogen-bond donors (Lipinski definition) is 1. The molecule has 0 saturated carbocycles. The first-order chi connectivity index (χ1) is 14.7. The monoisotopic (exact) mass is 419 g/mol. The molecule has 1 N–H and O–H groups in total. The summed E-state index contributed by atoms with van der Waals surface area (Å²) in [6.45, 7) is 1.97. The summed E-state index contributed by atoms with van der Waals surface area (Å²) in [4.78, 5) is 4.97. The van der Waals surface area contributed by atoms with Crippen LogP contribution in [0.1, 0.15) is 24.4 Å². The van der Waals surface area contributed by atoms with Crippen molar-refractivity contribution in [2.75, 3.05) is 13.1 Å². The van der Waals surface area contributed by atoms with Crippen molar-refractivity contribution in [2.45, 2.75) is 28.8 Å². The van der Waals surface area contributed by atoms with E-state index in [1.54, 1.807) is 16.8 Å². The van der Waals surface area contributed by atoms with Crippen LogP contribution in [0.15, 0.2) is 59.1 Å². The molecule has 4 aromatic rings. The average Bonchev–Trinajstić information content (AvgIpc) is 3.43. The van der Waals surface area contributed by atoms with Gasteiger partial charge in [0.05, 0.1) is 35.7 Å². The van der Waals surface area contributed by atoms with E-state index >= 15 is 0 Å². The maximum atomic E-state index is 13.2. The molecule has 0 amide bonds. The largest absolute Gasteiger partial charge is 0.315 e. The average molecular weight is 419 g/mol. The highest BCUT2D eigenvalue weighted by Gasteiger charge is 2.18. The minimum Gasteiger partial charge on any atom is -0.315 e. The molecule has 0 spiro atoms. The van der Waals surface area contributed by atoms with E-state index in [0.29, 0.717) is 22.1 Å². The summed E-state index contributed by atoms with van der Waals surface area (Å²) in [6, 6.07) is 7.55. The van der Waals surface area contributed by atoms with Gasteiger partial charge in [0, 0.05) is 35.0 Å². The number of nitrogens with one attached hydrogen (secondary N) is 1. The molecule has 0 unspecified atom stereocenters. The number of halogens is 1. The third kappa shape index (κ3) is 3.56. The van der Waals surface area contributed by atoms with Crippen molar-refractivity contribution in [2.24, 2.45) is 0 Å². The highest BCUT2D eigenvalue weighted by atomic mass is 32.2. The van der Waals surface area contributed by atoms with Crippen LogP contribution in [-0.4, -0.2) is 37.5 Å². The molecule has 1 fully saturated rings. The Kier molecular flexibility index (Phi) is 4.94. The van der Waals surface area contributed by atoms with Crippen LogP contribution in [0.4, 0.5) is 4.39 Å². The van der Waals surface area contributed by atoms with Crippen LogP contribution in [-0.2, 0) is 0 Å². The molecule has 4 aromatic heterocycles. The summed E-state index contributed by atoms with van der Waals surface area (Å²) < 4.78 is 17.0. The molecular formula is C21H18FN7S. The zero-order valence-corrected chi connectivity index (χ0v) is 16.8. The molecule has 9 heteroatoms. The molecule has 150 valence electrons. The first kappa shape index (κ1) is 18.8. The molecule has 0 aromatic carbocycles. The minimum atomic E-state index is -0.384. The maximum absolute atomic E-state index is 13.2. The number of pyridine rings is 2. The Morgan fingerprint density at radius 2 is 2.10 bits per heavy atom. The lowest BCUT2D eigenvalue weighted by Crippen LogP contribution is -2.31. The molecule has 1 saturated heterocycles. The minimum absolute atomic E-state index is 0.350. The lowest BCUT2D eigenvalue weighted by atomic mass is 10.1. The Balaban J connectivity index is 1.55. The second-order valence-corrected chi connectivity index (χ2v) is 8.24. The van der Waals surface area contributed by atoms with Crippen LogP contribution in [0.25, 0.3) is 16.6 Å². The molecule has 0 aliphatic carbocycles. The van der Waals surface area contributed by atoms with Crippen molar-refractivity contribution in [3.8, 4) is 17.2 Å². The second kappa shape index (κ2) is 7.89. The Labute approximate surface area is 176 Å². The molecular weight excluding hydrogens is 401 g/mol. The van der Waals surface area contributed by atoms with E-state index in [1.165, 1.54) is 24.0 Å². The van der Waals surface area contributed by atoms with Crippen LogP contribution in [0.5, 0.6) is 0 Å². The summed E-state index contributed by atoms with van der Waals surface area (Å²) in [7, 11) is 0. The smallest absolute Gasteiger partial charge is 0.141 e. The van der Waals surface area contributed by atoms with Gasteiger partial charge in [-0.25, -0.2) is 13.9 Å². The fourth-order valence-electron chi connectivity index (χ4n) is 3.68. The van der Waals surface area contributed by atoms with Crippen LogP contribution in [0.2, 0.25) is 0 Å². The Hall–Kier alpha value is -3.22. The van der Waals surface area contributed by atoms with Crippen molar-refractivity contribution < 1.29 is 4.39 Å². The molecule has 30 heavy (non-hydrogen) atoms. The van der Waals surface area contributed by atoms with E-state index in [9.17, 15) is 9.65 Å². The van der Waals surface area contributed by atoms with Gasteiger partial charge < -0.3 is 5.32 Å². The van der Waals surface area contributed by atoms with Crippen LogP contribution in [0.3, 0.4) is 0 Å². The van der Waals surface area contributed by atoms with Crippen molar-refractivity contribution >= 4 is 17.3 Å². The van der Waals surface area contributed by atoms with Crippen molar-refractivity contribution in [1.29, 1.82) is 5.26 Å². The maximum Gasteiger partial charge on any atom is 0.141 e. The van der Waals surface area contributed by atoms with E-state index in [-0.39, 0.29) is 5.82 Å². The summed E-state index contributed by atoms with van der Waals surface area (Å²) in [5.74, 6) is -0.384.